The van der Waals surface area contributed by atoms with Gasteiger partial charge in [-0.3, -0.25) is 14.4 Å². The summed E-state index contributed by atoms with van der Waals surface area (Å²) in [7, 11) is 4.45. The number of hydrogen-bond acceptors (Lipinski definition) is 6. The molecule has 0 aliphatic carbocycles. The van der Waals surface area contributed by atoms with Gasteiger partial charge in [-0.2, -0.15) is 5.26 Å². The van der Waals surface area contributed by atoms with Gasteiger partial charge < -0.3 is 14.6 Å². The summed E-state index contributed by atoms with van der Waals surface area (Å²) >= 11 is 0. The molecule has 0 saturated heterocycles. The van der Waals surface area contributed by atoms with Crippen LogP contribution in [0, 0.1) is 18.3 Å². The second-order valence-corrected chi connectivity index (χ2v) is 5.01. The SMILES string of the molecule is COc1ccc(OC)c(N=Cc2c(C)c(C#N)c(=O)n(C)c2O)c1. The third-order valence-corrected chi connectivity index (χ3v) is 3.69. The van der Waals surface area contributed by atoms with Gasteiger partial charge in [0.1, 0.15) is 28.8 Å². The molecule has 1 heterocycles. The summed E-state index contributed by atoms with van der Waals surface area (Å²) < 4.78 is 11.4. The molecule has 0 unspecified atom stereocenters. The lowest BCUT2D eigenvalue weighted by Crippen LogP contribution is -2.22. The quantitative estimate of drug-likeness (QED) is 0.867. The molecule has 0 bridgehead atoms. The zero-order chi connectivity index (χ0) is 17.9. The van der Waals surface area contributed by atoms with Crippen molar-refractivity contribution in [2.24, 2.45) is 12.0 Å². The molecular formula is C17H17N3O4. The first kappa shape index (κ1) is 17.1. The van der Waals surface area contributed by atoms with E-state index in [1.807, 2.05) is 6.07 Å². The third kappa shape index (κ3) is 2.94. The average Bonchev–Trinajstić information content (AvgIpc) is 2.60. The number of rotatable bonds is 4. The summed E-state index contributed by atoms with van der Waals surface area (Å²) in [4.78, 5) is 16.3. The molecule has 0 aliphatic rings. The minimum absolute atomic E-state index is 0.0330. The molecule has 7 nitrogen and oxygen atoms in total. The summed E-state index contributed by atoms with van der Waals surface area (Å²) in [6.45, 7) is 1.59. The standard InChI is InChI=1S/C17H17N3O4/c1-10-12(8-18)16(21)20(2)17(22)13(10)9-19-14-7-11(23-3)5-6-15(14)24-4/h5-7,9,22H,1-4H3. The predicted molar refractivity (Wildman–Crippen MR) is 89.6 cm³/mol. The highest BCUT2D eigenvalue weighted by atomic mass is 16.5. The normalized spacial score (nSPS) is 10.6. The highest BCUT2D eigenvalue weighted by Gasteiger charge is 2.16. The number of aliphatic imine (C=N–C) groups is 1. The van der Waals surface area contributed by atoms with Crippen LogP contribution < -0.4 is 15.0 Å². The maximum absolute atomic E-state index is 12.0. The second kappa shape index (κ2) is 6.87. The molecule has 0 radical (unpaired) electrons. The zero-order valence-corrected chi connectivity index (χ0v) is 13.8. The van der Waals surface area contributed by atoms with Gasteiger partial charge in [0.05, 0.1) is 19.8 Å². The molecule has 124 valence electrons. The average molecular weight is 327 g/mol. The van der Waals surface area contributed by atoms with Gasteiger partial charge in [0, 0.05) is 19.3 Å². The number of methoxy groups -OCH3 is 2. The van der Waals surface area contributed by atoms with Crippen molar-refractivity contribution in [2.75, 3.05) is 14.2 Å². The number of nitriles is 1. The minimum Gasteiger partial charge on any atom is -0.497 e. The maximum atomic E-state index is 12.0. The van der Waals surface area contributed by atoms with Crippen LogP contribution in [0.4, 0.5) is 5.69 Å². The van der Waals surface area contributed by atoms with Gasteiger partial charge in [-0.1, -0.05) is 0 Å². The molecule has 0 fully saturated rings. The summed E-state index contributed by atoms with van der Waals surface area (Å²) in [5.74, 6) is 0.860. The fourth-order valence-corrected chi connectivity index (χ4v) is 2.23. The first-order valence-corrected chi connectivity index (χ1v) is 7.03. The van der Waals surface area contributed by atoms with Crippen molar-refractivity contribution in [2.45, 2.75) is 6.92 Å². The Balaban J connectivity index is 2.61. The van der Waals surface area contributed by atoms with Crippen LogP contribution in [-0.2, 0) is 7.05 Å². The Kier molecular flexibility index (Phi) is 4.90. The third-order valence-electron chi connectivity index (χ3n) is 3.69. The Morgan fingerprint density at radius 1 is 1.33 bits per heavy atom. The van der Waals surface area contributed by atoms with Crippen molar-refractivity contribution in [1.82, 2.24) is 4.57 Å². The predicted octanol–water partition coefficient (Wildman–Crippen LogP) is 2.04. The van der Waals surface area contributed by atoms with Crippen molar-refractivity contribution < 1.29 is 14.6 Å². The Bertz CT molecular complexity index is 908. The van der Waals surface area contributed by atoms with Crippen molar-refractivity contribution >= 4 is 11.9 Å². The van der Waals surface area contributed by atoms with Crippen LogP contribution in [0.15, 0.2) is 28.0 Å². The van der Waals surface area contributed by atoms with Crippen LogP contribution >= 0.6 is 0 Å². The lowest BCUT2D eigenvalue weighted by molar-refractivity contribution is 0.404. The Morgan fingerprint density at radius 3 is 2.62 bits per heavy atom. The van der Waals surface area contributed by atoms with Gasteiger partial charge in [0.2, 0.25) is 5.88 Å². The van der Waals surface area contributed by atoms with Crippen LogP contribution in [0.25, 0.3) is 0 Å². The van der Waals surface area contributed by atoms with E-state index in [0.29, 0.717) is 28.3 Å². The van der Waals surface area contributed by atoms with E-state index < -0.39 is 5.56 Å². The lowest BCUT2D eigenvalue weighted by atomic mass is 10.1. The molecule has 0 aliphatic heterocycles. The van der Waals surface area contributed by atoms with E-state index in [1.165, 1.54) is 27.5 Å². The molecule has 0 atom stereocenters. The van der Waals surface area contributed by atoms with Gasteiger partial charge in [-0.05, 0) is 24.6 Å². The van der Waals surface area contributed by atoms with Crippen molar-refractivity contribution in [3.63, 3.8) is 0 Å². The number of aromatic hydroxyl groups is 1. The summed E-state index contributed by atoms with van der Waals surface area (Å²) in [5, 5.41) is 19.3. The van der Waals surface area contributed by atoms with E-state index in [1.54, 1.807) is 25.1 Å². The van der Waals surface area contributed by atoms with Crippen molar-refractivity contribution in [3.8, 4) is 23.4 Å². The van der Waals surface area contributed by atoms with Crippen LogP contribution in [0.3, 0.4) is 0 Å². The number of nitrogens with zero attached hydrogens (tertiary/aromatic N) is 3. The highest BCUT2D eigenvalue weighted by Crippen LogP contribution is 2.32. The Hall–Kier alpha value is -3.27. The van der Waals surface area contributed by atoms with Crippen molar-refractivity contribution in [1.29, 1.82) is 5.26 Å². The molecular weight excluding hydrogens is 310 g/mol. The number of ether oxygens (including phenoxy) is 2. The van der Waals surface area contributed by atoms with Crippen LogP contribution in [0.1, 0.15) is 16.7 Å². The zero-order valence-electron chi connectivity index (χ0n) is 13.8. The highest BCUT2D eigenvalue weighted by molar-refractivity contribution is 5.88. The molecule has 24 heavy (non-hydrogen) atoms. The smallest absolute Gasteiger partial charge is 0.271 e. The number of aromatic nitrogens is 1. The molecule has 2 rings (SSSR count). The van der Waals surface area contributed by atoms with Gasteiger partial charge in [0.25, 0.3) is 5.56 Å². The molecule has 1 N–H and O–H groups in total. The van der Waals surface area contributed by atoms with E-state index in [-0.39, 0.29) is 11.4 Å². The molecule has 1 aromatic carbocycles. The van der Waals surface area contributed by atoms with Gasteiger partial charge in [-0.15, -0.1) is 0 Å². The second-order valence-electron chi connectivity index (χ2n) is 5.01. The van der Waals surface area contributed by atoms with E-state index in [0.717, 1.165) is 4.57 Å². The molecule has 7 heteroatoms. The van der Waals surface area contributed by atoms with E-state index >= 15 is 0 Å². The fraction of sp³-hybridized carbons (Fsp3) is 0.235. The summed E-state index contributed by atoms with van der Waals surface area (Å²) in [6, 6.07) is 6.98. The first-order chi connectivity index (χ1) is 11.4. The monoisotopic (exact) mass is 327 g/mol. The number of benzene rings is 1. The molecule has 1 aromatic heterocycles. The van der Waals surface area contributed by atoms with Gasteiger partial charge >= 0.3 is 0 Å². The summed E-state index contributed by atoms with van der Waals surface area (Å²) in [6.07, 6.45) is 1.39. The van der Waals surface area contributed by atoms with Crippen LogP contribution in [0.5, 0.6) is 17.4 Å². The van der Waals surface area contributed by atoms with Gasteiger partial charge in [0.15, 0.2) is 0 Å². The van der Waals surface area contributed by atoms with E-state index in [4.69, 9.17) is 14.7 Å². The molecule has 0 amide bonds. The molecule has 0 saturated carbocycles. The van der Waals surface area contributed by atoms with E-state index in [2.05, 4.69) is 4.99 Å². The largest absolute Gasteiger partial charge is 0.497 e. The maximum Gasteiger partial charge on any atom is 0.271 e. The topological polar surface area (TPSA) is 96.8 Å². The first-order valence-electron chi connectivity index (χ1n) is 7.03. The number of hydrogen-bond donors (Lipinski definition) is 1. The summed E-state index contributed by atoms with van der Waals surface area (Å²) in [5.41, 5.74) is 0.559. The van der Waals surface area contributed by atoms with Crippen LogP contribution in [-0.4, -0.2) is 30.1 Å². The molecule has 0 spiro atoms. The minimum atomic E-state index is -0.552. The Morgan fingerprint density at radius 2 is 2.04 bits per heavy atom. The Labute approximate surface area is 139 Å². The van der Waals surface area contributed by atoms with Gasteiger partial charge in [-0.25, -0.2) is 0 Å². The van der Waals surface area contributed by atoms with Crippen molar-refractivity contribution in [3.05, 3.63) is 45.2 Å². The van der Waals surface area contributed by atoms with E-state index in [9.17, 15) is 9.90 Å². The number of pyridine rings is 1. The molecule has 2 aromatic rings. The lowest BCUT2D eigenvalue weighted by Gasteiger charge is -2.10. The fourth-order valence-electron chi connectivity index (χ4n) is 2.23. The van der Waals surface area contributed by atoms with Crippen LogP contribution in [0.2, 0.25) is 0 Å².